The number of nitrogens with one attached hydrogen (secondary N) is 1. The summed E-state index contributed by atoms with van der Waals surface area (Å²) in [7, 11) is 3.91. The van der Waals surface area contributed by atoms with E-state index in [2.05, 4.69) is 5.32 Å². The molecule has 0 saturated carbocycles. The van der Waals surface area contributed by atoms with E-state index in [1.165, 1.54) is 0 Å². The number of piperazine rings is 1. The molecule has 1 atom stereocenters. The zero-order valence-electron chi connectivity index (χ0n) is 11.9. The van der Waals surface area contributed by atoms with Gasteiger partial charge in [-0.3, -0.25) is 9.69 Å². The van der Waals surface area contributed by atoms with Gasteiger partial charge in [-0.1, -0.05) is 0 Å². The summed E-state index contributed by atoms with van der Waals surface area (Å²) in [5.41, 5.74) is 0. The molecule has 1 saturated heterocycles. The molecule has 0 radical (unpaired) electrons. The van der Waals surface area contributed by atoms with Crippen molar-refractivity contribution in [3.8, 4) is 0 Å². The average molecular weight is 272 g/mol. The van der Waals surface area contributed by atoms with Crippen molar-refractivity contribution in [2.75, 3.05) is 53.4 Å². The van der Waals surface area contributed by atoms with E-state index in [0.29, 0.717) is 32.7 Å². The summed E-state index contributed by atoms with van der Waals surface area (Å²) in [4.78, 5) is 28.4. The molecule has 7 nitrogen and oxygen atoms in total. The maximum absolute atomic E-state index is 11.9. The lowest BCUT2D eigenvalue weighted by Gasteiger charge is -2.36. The Morgan fingerprint density at radius 1 is 1.26 bits per heavy atom. The Labute approximate surface area is 114 Å². The maximum Gasteiger partial charge on any atom is 0.320 e. The number of nitrogens with zero attached hydrogens (tertiary/aromatic N) is 3. The van der Waals surface area contributed by atoms with Gasteiger partial charge >= 0.3 is 12.0 Å². The molecule has 1 rings (SSSR count). The molecule has 0 bridgehead atoms. The minimum Gasteiger partial charge on any atom is -0.480 e. The van der Waals surface area contributed by atoms with E-state index in [4.69, 9.17) is 5.11 Å². The van der Waals surface area contributed by atoms with Crippen molar-refractivity contribution < 1.29 is 14.7 Å². The number of aliphatic carboxylic acids is 1. The molecule has 1 aliphatic rings. The lowest BCUT2D eigenvalue weighted by molar-refractivity contribution is -0.143. The first-order chi connectivity index (χ1) is 8.91. The number of carbonyl (C=O) groups is 2. The van der Waals surface area contributed by atoms with Crippen molar-refractivity contribution in [1.82, 2.24) is 20.0 Å². The van der Waals surface area contributed by atoms with Crippen LogP contribution in [0.2, 0.25) is 0 Å². The fourth-order valence-electron chi connectivity index (χ4n) is 1.97. The third-order valence-corrected chi connectivity index (χ3v) is 3.34. The Bertz CT molecular complexity index is 314. The summed E-state index contributed by atoms with van der Waals surface area (Å²) in [6.07, 6.45) is 0. The largest absolute Gasteiger partial charge is 0.480 e. The smallest absolute Gasteiger partial charge is 0.320 e. The van der Waals surface area contributed by atoms with Gasteiger partial charge < -0.3 is 20.2 Å². The molecule has 1 fully saturated rings. The minimum atomic E-state index is -0.816. The average Bonchev–Trinajstić information content (AvgIpc) is 2.37. The van der Waals surface area contributed by atoms with Gasteiger partial charge in [0, 0.05) is 39.3 Å². The zero-order valence-corrected chi connectivity index (χ0v) is 11.9. The quantitative estimate of drug-likeness (QED) is 0.695. The first-order valence-corrected chi connectivity index (χ1v) is 6.56. The number of carboxylic acid groups (broad SMARTS) is 1. The summed E-state index contributed by atoms with van der Waals surface area (Å²) < 4.78 is 0. The molecular formula is C12H24N4O3. The Morgan fingerprint density at radius 3 is 2.32 bits per heavy atom. The topological polar surface area (TPSA) is 76.1 Å². The highest BCUT2D eigenvalue weighted by Crippen LogP contribution is 2.06. The van der Waals surface area contributed by atoms with Crippen LogP contribution < -0.4 is 5.32 Å². The summed E-state index contributed by atoms with van der Waals surface area (Å²) in [6, 6.07) is -0.552. The molecule has 1 heterocycles. The fraction of sp³-hybridized carbons (Fsp3) is 0.833. The SMILES string of the molecule is CC(C(=O)O)N1CCN(C(=O)NCCN(C)C)CC1. The molecule has 0 aromatic carbocycles. The fourth-order valence-corrected chi connectivity index (χ4v) is 1.97. The maximum atomic E-state index is 11.9. The summed E-state index contributed by atoms with van der Waals surface area (Å²) in [5, 5.41) is 11.8. The molecule has 1 aliphatic heterocycles. The molecule has 0 aromatic rings. The summed E-state index contributed by atoms with van der Waals surface area (Å²) >= 11 is 0. The van der Waals surface area contributed by atoms with E-state index in [0.717, 1.165) is 6.54 Å². The van der Waals surface area contributed by atoms with E-state index >= 15 is 0 Å². The second-order valence-electron chi connectivity index (χ2n) is 5.07. The monoisotopic (exact) mass is 272 g/mol. The van der Waals surface area contributed by atoms with Crippen LogP contribution >= 0.6 is 0 Å². The van der Waals surface area contributed by atoms with Crippen molar-refractivity contribution >= 4 is 12.0 Å². The minimum absolute atomic E-state index is 0.0653. The van der Waals surface area contributed by atoms with E-state index in [9.17, 15) is 9.59 Å². The highest BCUT2D eigenvalue weighted by Gasteiger charge is 2.26. The molecular weight excluding hydrogens is 248 g/mol. The predicted molar refractivity (Wildman–Crippen MR) is 72.2 cm³/mol. The molecule has 2 amide bonds. The van der Waals surface area contributed by atoms with Crippen LogP contribution in [-0.2, 0) is 4.79 Å². The van der Waals surface area contributed by atoms with Gasteiger partial charge in [0.2, 0.25) is 0 Å². The van der Waals surface area contributed by atoms with Crippen LogP contribution in [-0.4, -0.2) is 91.2 Å². The Morgan fingerprint density at radius 2 is 1.84 bits per heavy atom. The van der Waals surface area contributed by atoms with E-state index in [-0.39, 0.29) is 6.03 Å². The van der Waals surface area contributed by atoms with Crippen LogP contribution in [0, 0.1) is 0 Å². The number of likely N-dealkylation sites (N-methyl/N-ethyl adjacent to an activating group) is 1. The van der Waals surface area contributed by atoms with Gasteiger partial charge in [-0.15, -0.1) is 0 Å². The van der Waals surface area contributed by atoms with Crippen LogP contribution in [0.3, 0.4) is 0 Å². The molecule has 1 unspecified atom stereocenters. The van der Waals surface area contributed by atoms with Gasteiger partial charge in [-0.2, -0.15) is 0 Å². The van der Waals surface area contributed by atoms with E-state index in [1.807, 2.05) is 23.9 Å². The highest BCUT2D eigenvalue weighted by atomic mass is 16.4. The number of rotatable bonds is 5. The molecule has 2 N–H and O–H groups in total. The van der Waals surface area contributed by atoms with Crippen molar-refractivity contribution in [2.45, 2.75) is 13.0 Å². The summed E-state index contributed by atoms with van der Waals surface area (Å²) in [6.45, 7) is 5.47. The predicted octanol–water partition coefficient (Wildman–Crippen LogP) is -0.652. The van der Waals surface area contributed by atoms with Crippen molar-refractivity contribution in [1.29, 1.82) is 0 Å². The van der Waals surface area contributed by atoms with Crippen LogP contribution in [0.4, 0.5) is 4.79 Å². The Kier molecular flexibility index (Phi) is 6.04. The number of amides is 2. The molecule has 0 aliphatic carbocycles. The second kappa shape index (κ2) is 7.30. The molecule has 110 valence electrons. The number of hydrogen-bond donors (Lipinski definition) is 2. The van der Waals surface area contributed by atoms with Crippen molar-refractivity contribution in [3.63, 3.8) is 0 Å². The van der Waals surface area contributed by atoms with Gasteiger partial charge in [0.05, 0.1) is 0 Å². The number of urea groups is 1. The van der Waals surface area contributed by atoms with E-state index < -0.39 is 12.0 Å². The van der Waals surface area contributed by atoms with Gasteiger partial charge in [-0.05, 0) is 21.0 Å². The lowest BCUT2D eigenvalue weighted by atomic mass is 10.2. The normalized spacial score (nSPS) is 18.4. The zero-order chi connectivity index (χ0) is 14.4. The van der Waals surface area contributed by atoms with Gasteiger partial charge in [0.1, 0.15) is 6.04 Å². The van der Waals surface area contributed by atoms with Gasteiger partial charge in [0.25, 0.3) is 0 Å². The molecule has 0 aromatic heterocycles. The van der Waals surface area contributed by atoms with Crippen molar-refractivity contribution in [3.05, 3.63) is 0 Å². The van der Waals surface area contributed by atoms with Crippen LogP contribution in [0.25, 0.3) is 0 Å². The van der Waals surface area contributed by atoms with Gasteiger partial charge in [0.15, 0.2) is 0 Å². The van der Waals surface area contributed by atoms with Gasteiger partial charge in [-0.25, -0.2) is 4.79 Å². The highest BCUT2D eigenvalue weighted by molar-refractivity contribution is 5.74. The first kappa shape index (κ1) is 15.7. The third kappa shape index (κ3) is 5.04. The lowest BCUT2D eigenvalue weighted by Crippen LogP contribution is -2.55. The number of carboxylic acids is 1. The third-order valence-electron chi connectivity index (χ3n) is 3.34. The van der Waals surface area contributed by atoms with Crippen LogP contribution in [0.5, 0.6) is 0 Å². The first-order valence-electron chi connectivity index (χ1n) is 6.56. The van der Waals surface area contributed by atoms with Crippen LogP contribution in [0.1, 0.15) is 6.92 Å². The van der Waals surface area contributed by atoms with Crippen LogP contribution in [0.15, 0.2) is 0 Å². The Balaban J connectivity index is 2.29. The molecule has 19 heavy (non-hydrogen) atoms. The summed E-state index contributed by atoms with van der Waals surface area (Å²) in [5.74, 6) is -0.816. The molecule has 7 heteroatoms. The standard InChI is InChI=1S/C12H24N4O3/c1-10(11(17)18)15-6-8-16(9-7-15)12(19)13-4-5-14(2)3/h10H,4-9H2,1-3H3,(H,13,19)(H,17,18). The number of hydrogen-bond acceptors (Lipinski definition) is 4. The Hall–Kier alpha value is -1.34. The second-order valence-corrected chi connectivity index (χ2v) is 5.07. The molecule has 0 spiro atoms. The van der Waals surface area contributed by atoms with E-state index in [1.54, 1.807) is 11.8 Å². The number of carbonyl (C=O) groups excluding carboxylic acids is 1. The van der Waals surface area contributed by atoms with Crippen molar-refractivity contribution in [2.24, 2.45) is 0 Å².